The maximum Gasteiger partial charge on any atom is 0.304 e. The van der Waals surface area contributed by atoms with Crippen molar-refractivity contribution in [1.29, 1.82) is 0 Å². The lowest BCUT2D eigenvalue weighted by Crippen LogP contribution is -2.51. The summed E-state index contributed by atoms with van der Waals surface area (Å²) in [6.07, 6.45) is 3.82. The van der Waals surface area contributed by atoms with Crippen LogP contribution in [0, 0.1) is 9.49 Å². The highest BCUT2D eigenvalue weighted by atomic mass is 127. The number of aliphatic carboxylic acids is 1. The lowest BCUT2D eigenvalue weighted by molar-refractivity contribution is -0.137. The minimum Gasteiger partial charge on any atom is -0.481 e. The van der Waals surface area contributed by atoms with Crippen LogP contribution in [0.1, 0.15) is 17.9 Å². The van der Waals surface area contributed by atoms with Crippen molar-refractivity contribution in [2.24, 2.45) is 16.0 Å². The van der Waals surface area contributed by atoms with E-state index in [0.717, 1.165) is 3.57 Å². The molecule has 6 N–H and O–H groups in total. The summed E-state index contributed by atoms with van der Waals surface area (Å²) in [5, 5.41) is 25.2. The van der Waals surface area contributed by atoms with Gasteiger partial charge < -0.3 is 26.4 Å². The highest BCUT2D eigenvalue weighted by molar-refractivity contribution is 14.1. The number of carboxylic acids is 1. The maximum absolute atomic E-state index is 13.4. The number of alkyl halides is 1. The van der Waals surface area contributed by atoms with Crippen molar-refractivity contribution in [2.45, 2.75) is 24.6 Å². The summed E-state index contributed by atoms with van der Waals surface area (Å²) < 4.78 is 14.2. The Kier molecular flexibility index (Phi) is 9.20. The molecule has 4 rings (SSSR count). The number of amides is 2. The fraction of sp³-hybridized carbons (Fsp3) is 0.375. The van der Waals surface area contributed by atoms with Crippen LogP contribution >= 0.6 is 34.2 Å². The van der Waals surface area contributed by atoms with Gasteiger partial charge in [-0.25, -0.2) is 4.39 Å². The van der Waals surface area contributed by atoms with Gasteiger partial charge >= 0.3 is 5.97 Å². The van der Waals surface area contributed by atoms with E-state index in [1.807, 2.05) is 6.07 Å². The average Bonchev–Trinajstić information content (AvgIpc) is 3.35. The number of nitrogens with one attached hydrogen (secondary N) is 5. The Morgan fingerprint density at radius 1 is 1.26 bits per heavy atom. The molecule has 202 valence electrons. The second-order valence-electron chi connectivity index (χ2n) is 8.96. The minimum atomic E-state index is -1.05. The molecule has 3 unspecified atom stereocenters. The van der Waals surface area contributed by atoms with Crippen LogP contribution in [0.2, 0.25) is 5.02 Å². The Morgan fingerprint density at radius 3 is 2.79 bits per heavy atom. The van der Waals surface area contributed by atoms with Gasteiger partial charge in [0.15, 0.2) is 5.96 Å². The Balaban J connectivity index is 1.34. The molecular weight excluding hydrogens is 632 g/mol. The number of carboxylic acid groups (broad SMARTS) is 1. The molecule has 0 saturated heterocycles. The second kappa shape index (κ2) is 12.6. The summed E-state index contributed by atoms with van der Waals surface area (Å²) in [7, 11) is 0. The van der Waals surface area contributed by atoms with Crippen molar-refractivity contribution in [2.75, 3.05) is 26.2 Å². The molecule has 0 fully saturated rings. The van der Waals surface area contributed by atoms with Gasteiger partial charge in [-0.2, -0.15) is 5.10 Å². The molecular formula is C24H26ClFIN7O4. The molecule has 1 aromatic carbocycles. The Morgan fingerprint density at radius 2 is 2.08 bits per heavy atom. The maximum atomic E-state index is 13.4. The Bertz CT molecular complexity index is 1220. The second-order valence-corrected chi connectivity index (χ2v) is 10.6. The zero-order valence-electron chi connectivity index (χ0n) is 20.0. The van der Waals surface area contributed by atoms with Gasteiger partial charge in [0, 0.05) is 38.5 Å². The highest BCUT2D eigenvalue weighted by Gasteiger charge is 2.32. The first kappa shape index (κ1) is 27.8. The number of nitrogens with zero attached hydrogens (tertiary/aromatic N) is 2. The molecule has 3 aliphatic rings. The number of carbonyl (C=O) groups is 3. The monoisotopic (exact) mass is 657 g/mol. The largest absolute Gasteiger partial charge is 0.481 e. The number of aliphatic imine (C=N–C) groups is 1. The Hall–Kier alpha value is -3.20. The molecule has 2 aliphatic heterocycles. The zero-order valence-corrected chi connectivity index (χ0v) is 22.9. The lowest BCUT2D eigenvalue weighted by Gasteiger charge is -2.28. The Labute approximate surface area is 236 Å². The smallest absolute Gasteiger partial charge is 0.304 e. The molecule has 0 radical (unpaired) electrons. The molecule has 1 aromatic rings. The van der Waals surface area contributed by atoms with E-state index >= 15 is 0 Å². The van der Waals surface area contributed by atoms with E-state index in [0.29, 0.717) is 27.8 Å². The van der Waals surface area contributed by atoms with E-state index in [9.17, 15) is 23.9 Å². The van der Waals surface area contributed by atoms with Gasteiger partial charge in [-0.05, 0) is 58.5 Å². The number of hydrogen-bond donors (Lipinski definition) is 6. The third-order valence-corrected chi connectivity index (χ3v) is 6.92. The fourth-order valence-corrected chi connectivity index (χ4v) is 5.33. The molecule has 0 aromatic heterocycles. The van der Waals surface area contributed by atoms with Crippen molar-refractivity contribution in [1.82, 2.24) is 26.7 Å². The molecule has 38 heavy (non-hydrogen) atoms. The predicted octanol–water partition coefficient (Wildman–Crippen LogP) is 1.02. The van der Waals surface area contributed by atoms with Crippen LogP contribution in [0.5, 0.6) is 0 Å². The van der Waals surface area contributed by atoms with Crippen molar-refractivity contribution < 1.29 is 23.9 Å². The van der Waals surface area contributed by atoms with Gasteiger partial charge in [0.05, 0.1) is 38.0 Å². The summed E-state index contributed by atoms with van der Waals surface area (Å²) in [4.78, 5) is 40.9. The van der Waals surface area contributed by atoms with E-state index < -0.39 is 29.9 Å². The molecule has 0 spiro atoms. The number of guanidine groups is 1. The van der Waals surface area contributed by atoms with Gasteiger partial charge in [0.1, 0.15) is 6.17 Å². The van der Waals surface area contributed by atoms with Crippen LogP contribution in [0.25, 0.3) is 0 Å². The summed E-state index contributed by atoms with van der Waals surface area (Å²) in [5.41, 5.74) is 4.58. The van der Waals surface area contributed by atoms with Gasteiger partial charge in [-0.15, -0.1) is 0 Å². The van der Waals surface area contributed by atoms with E-state index in [1.54, 1.807) is 30.5 Å². The first-order chi connectivity index (χ1) is 18.2. The molecule has 2 amide bonds. The number of fused-ring (bicyclic) bond motifs is 1. The summed E-state index contributed by atoms with van der Waals surface area (Å²) in [5.74, 6) is -2.17. The zero-order chi connectivity index (χ0) is 27.2. The van der Waals surface area contributed by atoms with Crippen LogP contribution in [0.15, 0.2) is 51.7 Å². The van der Waals surface area contributed by atoms with Crippen LogP contribution in [0.3, 0.4) is 0 Å². The third kappa shape index (κ3) is 7.43. The number of benzene rings is 1. The summed E-state index contributed by atoms with van der Waals surface area (Å²) in [6.45, 7) is -0.0378. The van der Waals surface area contributed by atoms with Crippen LogP contribution < -0.4 is 26.7 Å². The van der Waals surface area contributed by atoms with Crippen LogP contribution in [-0.2, 0) is 14.4 Å². The first-order valence-corrected chi connectivity index (χ1v) is 13.3. The van der Waals surface area contributed by atoms with E-state index in [-0.39, 0.29) is 44.6 Å². The quantitative estimate of drug-likeness (QED) is 0.217. The van der Waals surface area contributed by atoms with Gasteiger partial charge in [0.2, 0.25) is 5.91 Å². The summed E-state index contributed by atoms with van der Waals surface area (Å²) in [6, 6.07) is 4.88. The average molecular weight is 658 g/mol. The molecule has 1 aliphatic carbocycles. The molecule has 0 saturated carbocycles. The topological polar surface area (TPSA) is 156 Å². The molecule has 14 heteroatoms. The third-order valence-electron chi connectivity index (χ3n) is 6.08. The van der Waals surface area contributed by atoms with Crippen molar-refractivity contribution in [3.8, 4) is 0 Å². The van der Waals surface area contributed by atoms with Crippen LogP contribution in [-0.4, -0.2) is 73.5 Å². The number of halogens is 3. The molecule has 0 bridgehead atoms. The number of carbonyl (C=O) groups excluding carboxylic acids is 2. The molecule has 2 heterocycles. The SMILES string of the molecule is O=C(O)C[C@H](CNC(=O)CNC(=O)C1=CC(NC2=NCC(F)CN2)C2C=NNC2=C1)c1cc(Cl)cc(I)c1. The van der Waals surface area contributed by atoms with E-state index in [2.05, 4.69) is 59.4 Å². The van der Waals surface area contributed by atoms with Gasteiger partial charge in [-0.3, -0.25) is 24.8 Å². The normalized spacial score (nSPS) is 22.5. The van der Waals surface area contributed by atoms with Crippen LogP contribution in [0.4, 0.5) is 4.39 Å². The lowest BCUT2D eigenvalue weighted by atomic mass is 9.89. The standard InChI is InChI=1S/C24H26ClFIN7O4/c25-15-1-12(2-17(27)6-15)14(5-22(36)37)7-28-21(35)11-29-23(38)13-3-19(18-10-32-34-20(18)4-13)33-24-30-8-16(26)9-31-24/h1-4,6,10,14,16,18-19,34H,5,7-9,11H2,(H,28,35)(H,29,38)(H,36,37)(H2,30,31,33)/t14-,18?,19?/m1/s1. The minimum absolute atomic E-state index is 0.0534. The molecule has 4 atom stereocenters. The fourth-order valence-electron chi connectivity index (χ4n) is 4.21. The number of hydrazone groups is 1. The first-order valence-electron chi connectivity index (χ1n) is 11.8. The van der Waals surface area contributed by atoms with Crippen molar-refractivity contribution in [3.63, 3.8) is 0 Å². The van der Waals surface area contributed by atoms with Gasteiger partial charge in [-0.1, -0.05) is 11.6 Å². The van der Waals surface area contributed by atoms with Gasteiger partial charge in [0.25, 0.3) is 5.91 Å². The van der Waals surface area contributed by atoms with E-state index in [4.69, 9.17) is 11.6 Å². The highest BCUT2D eigenvalue weighted by Crippen LogP contribution is 2.26. The molecule has 11 nitrogen and oxygen atoms in total. The van der Waals surface area contributed by atoms with E-state index in [1.165, 1.54) is 0 Å². The summed E-state index contributed by atoms with van der Waals surface area (Å²) >= 11 is 8.21. The van der Waals surface area contributed by atoms with Crippen molar-refractivity contribution in [3.05, 3.63) is 55.8 Å². The predicted molar refractivity (Wildman–Crippen MR) is 149 cm³/mol. The van der Waals surface area contributed by atoms with Crippen molar-refractivity contribution >= 4 is 64.1 Å². The number of hydrogen-bond acceptors (Lipinski definition) is 8. The number of rotatable bonds is 9.